The number of nitrogens with zero attached hydrogens (tertiary/aromatic N) is 6. The maximum Gasteiger partial charge on any atom is 0.260 e. The first-order valence-corrected chi connectivity index (χ1v) is 10.5. The number of hydrogen-bond donors (Lipinski definition) is 1. The maximum atomic E-state index is 15.9. The number of piperidine rings is 1. The average molecular weight is 435 g/mol. The Kier molecular flexibility index (Phi) is 5.62. The molecular weight excluding hydrogens is 413 g/mol. The van der Waals surface area contributed by atoms with Gasteiger partial charge in [-0.05, 0) is 18.4 Å². The summed E-state index contributed by atoms with van der Waals surface area (Å²) >= 11 is 0. The van der Waals surface area contributed by atoms with Gasteiger partial charge in [-0.15, -0.1) is 0 Å². The van der Waals surface area contributed by atoms with Crippen molar-refractivity contribution in [1.29, 1.82) is 10.5 Å². The fraction of sp³-hybridized carbons (Fsp3) is 0.455. The third-order valence-electron chi connectivity index (χ3n) is 6.20. The van der Waals surface area contributed by atoms with E-state index in [4.69, 9.17) is 10.5 Å². The lowest BCUT2D eigenvalue weighted by Gasteiger charge is -2.38. The summed E-state index contributed by atoms with van der Waals surface area (Å²) in [6, 6.07) is 4.73. The number of pyridine rings is 1. The fourth-order valence-electron chi connectivity index (χ4n) is 4.49. The van der Waals surface area contributed by atoms with Crippen LogP contribution >= 0.6 is 0 Å². The quantitative estimate of drug-likeness (QED) is 0.778. The van der Waals surface area contributed by atoms with Crippen LogP contribution in [-0.4, -0.2) is 51.1 Å². The normalized spacial score (nSPS) is 22.2. The van der Waals surface area contributed by atoms with Crippen molar-refractivity contribution in [3.63, 3.8) is 0 Å². The minimum atomic E-state index is -2.06. The highest BCUT2D eigenvalue weighted by Crippen LogP contribution is 2.39. The SMILES string of the molecule is C[C@@H]1C[C@@H](c2c[nH]cc(C#N)c2=O)N(C(=O)C2(F)CCN(c3nccc(C#N)n3)CC2)C1. The minimum Gasteiger partial charge on any atom is -0.366 e. The number of anilines is 1. The van der Waals surface area contributed by atoms with Gasteiger partial charge in [0.1, 0.15) is 23.4 Å². The Morgan fingerprint density at radius 2 is 2.03 bits per heavy atom. The van der Waals surface area contributed by atoms with Crippen LogP contribution in [-0.2, 0) is 4.79 Å². The second-order valence-corrected chi connectivity index (χ2v) is 8.39. The number of aromatic amines is 1. The van der Waals surface area contributed by atoms with Crippen LogP contribution in [0.15, 0.2) is 29.5 Å². The van der Waals surface area contributed by atoms with Crippen LogP contribution in [0.1, 0.15) is 49.0 Å². The van der Waals surface area contributed by atoms with Crippen LogP contribution in [0, 0.1) is 28.6 Å². The number of carbonyl (C=O) groups excluding carboxylic acids is 1. The van der Waals surface area contributed by atoms with Gasteiger partial charge in [0.25, 0.3) is 5.91 Å². The Balaban J connectivity index is 1.54. The molecule has 2 aliphatic rings. The van der Waals surface area contributed by atoms with E-state index in [0.717, 1.165) is 0 Å². The van der Waals surface area contributed by atoms with E-state index in [1.165, 1.54) is 29.6 Å². The zero-order chi connectivity index (χ0) is 22.9. The molecule has 0 spiro atoms. The largest absolute Gasteiger partial charge is 0.366 e. The van der Waals surface area contributed by atoms with Crippen LogP contribution in [0.2, 0.25) is 0 Å². The molecule has 2 fully saturated rings. The van der Waals surface area contributed by atoms with Gasteiger partial charge in [0.2, 0.25) is 11.4 Å². The lowest BCUT2D eigenvalue weighted by molar-refractivity contribution is -0.146. The third kappa shape index (κ3) is 3.80. The molecule has 0 saturated carbocycles. The van der Waals surface area contributed by atoms with E-state index >= 15 is 4.39 Å². The fourth-order valence-corrected chi connectivity index (χ4v) is 4.49. The highest BCUT2D eigenvalue weighted by atomic mass is 19.1. The van der Waals surface area contributed by atoms with Crippen molar-refractivity contribution in [3.8, 4) is 12.1 Å². The van der Waals surface area contributed by atoms with Gasteiger partial charge in [-0.25, -0.2) is 14.4 Å². The predicted molar refractivity (Wildman–Crippen MR) is 112 cm³/mol. The zero-order valence-corrected chi connectivity index (χ0v) is 17.6. The molecule has 2 aliphatic heterocycles. The summed E-state index contributed by atoms with van der Waals surface area (Å²) in [4.78, 5) is 40.3. The number of alkyl halides is 1. The Morgan fingerprint density at radius 1 is 1.28 bits per heavy atom. The molecule has 1 N–H and O–H groups in total. The molecule has 2 aromatic heterocycles. The number of H-pyrrole nitrogens is 1. The molecule has 0 aromatic carbocycles. The van der Waals surface area contributed by atoms with Crippen LogP contribution < -0.4 is 10.3 Å². The molecule has 9 nitrogen and oxygen atoms in total. The number of carbonyl (C=O) groups is 1. The average Bonchev–Trinajstić information content (AvgIpc) is 3.20. The summed E-state index contributed by atoms with van der Waals surface area (Å²) in [5, 5.41) is 18.2. The second kappa shape index (κ2) is 8.39. The smallest absolute Gasteiger partial charge is 0.260 e. The van der Waals surface area contributed by atoms with Crippen LogP contribution in [0.4, 0.5) is 10.3 Å². The highest BCUT2D eigenvalue weighted by Gasteiger charge is 2.48. The van der Waals surface area contributed by atoms with Crippen molar-refractivity contribution < 1.29 is 9.18 Å². The van der Waals surface area contributed by atoms with Crippen LogP contribution in [0.25, 0.3) is 0 Å². The van der Waals surface area contributed by atoms with E-state index < -0.39 is 23.0 Å². The predicted octanol–water partition coefficient (Wildman–Crippen LogP) is 1.83. The first-order chi connectivity index (χ1) is 15.4. The first-order valence-electron chi connectivity index (χ1n) is 10.5. The van der Waals surface area contributed by atoms with Crippen molar-refractivity contribution in [1.82, 2.24) is 19.9 Å². The summed E-state index contributed by atoms with van der Waals surface area (Å²) < 4.78 is 15.9. The molecule has 0 aliphatic carbocycles. The summed E-state index contributed by atoms with van der Waals surface area (Å²) in [5.74, 6) is -0.189. The van der Waals surface area contributed by atoms with Crippen LogP contribution in [0.5, 0.6) is 0 Å². The Labute approximate surface area is 184 Å². The summed E-state index contributed by atoms with van der Waals surface area (Å²) in [5.41, 5.74) is -1.99. The molecule has 32 heavy (non-hydrogen) atoms. The molecule has 1 amide bonds. The van der Waals surface area contributed by atoms with E-state index in [9.17, 15) is 9.59 Å². The van der Waals surface area contributed by atoms with E-state index in [1.54, 1.807) is 4.90 Å². The number of nitrogens with one attached hydrogen (secondary N) is 1. The van der Waals surface area contributed by atoms with E-state index in [1.807, 2.05) is 19.1 Å². The summed E-state index contributed by atoms with van der Waals surface area (Å²) in [7, 11) is 0. The van der Waals surface area contributed by atoms with Crippen molar-refractivity contribution >= 4 is 11.9 Å². The number of aromatic nitrogens is 3. The Hall–Kier alpha value is -3.79. The molecule has 4 rings (SSSR count). The van der Waals surface area contributed by atoms with Crippen molar-refractivity contribution in [3.05, 3.63) is 51.7 Å². The molecular formula is C22H22FN7O2. The Morgan fingerprint density at radius 3 is 2.72 bits per heavy atom. The number of nitriles is 2. The maximum absolute atomic E-state index is 15.9. The first kappa shape index (κ1) is 21.4. The summed E-state index contributed by atoms with van der Waals surface area (Å²) in [6.07, 6.45) is 4.74. The zero-order valence-electron chi connectivity index (χ0n) is 17.6. The molecule has 2 aromatic rings. The molecule has 0 unspecified atom stereocenters. The monoisotopic (exact) mass is 435 g/mol. The topological polar surface area (TPSA) is 130 Å². The van der Waals surface area contributed by atoms with Crippen LogP contribution in [0.3, 0.4) is 0 Å². The van der Waals surface area contributed by atoms with Crippen molar-refractivity contribution in [2.75, 3.05) is 24.5 Å². The van der Waals surface area contributed by atoms with Gasteiger partial charge in [-0.2, -0.15) is 10.5 Å². The molecule has 2 saturated heterocycles. The number of likely N-dealkylation sites (tertiary alicyclic amines) is 1. The molecule has 0 radical (unpaired) electrons. The van der Waals surface area contributed by atoms with Gasteiger partial charge in [0, 0.05) is 56.6 Å². The standard InChI is InChI=1S/C22H22FN7O2/c1-14-8-18(17-12-26-11-15(9-24)19(17)31)30(13-14)20(32)22(23)3-6-29(7-4-22)21-27-5-2-16(10-25)28-21/h2,5,11-12,14,18H,3-4,6-8,13H2,1H3,(H,26,31)/t14-,18+/m1/s1. The van der Waals surface area contributed by atoms with Gasteiger partial charge in [-0.1, -0.05) is 6.92 Å². The number of amides is 1. The number of rotatable bonds is 3. The third-order valence-corrected chi connectivity index (χ3v) is 6.20. The number of hydrogen-bond acceptors (Lipinski definition) is 7. The molecule has 10 heteroatoms. The minimum absolute atomic E-state index is 0.0303. The number of halogens is 1. The van der Waals surface area contributed by atoms with E-state index in [2.05, 4.69) is 15.0 Å². The van der Waals surface area contributed by atoms with Gasteiger partial charge in [0.05, 0.1) is 6.04 Å². The second-order valence-electron chi connectivity index (χ2n) is 8.39. The molecule has 2 atom stereocenters. The summed E-state index contributed by atoms with van der Waals surface area (Å²) in [6.45, 7) is 2.77. The lowest BCUT2D eigenvalue weighted by atomic mass is 9.91. The van der Waals surface area contributed by atoms with E-state index in [0.29, 0.717) is 24.5 Å². The van der Waals surface area contributed by atoms with Gasteiger partial charge >= 0.3 is 0 Å². The van der Waals surface area contributed by atoms with Gasteiger partial charge < -0.3 is 14.8 Å². The highest BCUT2D eigenvalue weighted by molar-refractivity contribution is 5.86. The molecule has 0 bridgehead atoms. The van der Waals surface area contributed by atoms with Gasteiger partial charge in [0.15, 0.2) is 5.67 Å². The van der Waals surface area contributed by atoms with Crippen molar-refractivity contribution in [2.24, 2.45) is 5.92 Å². The van der Waals surface area contributed by atoms with Crippen molar-refractivity contribution in [2.45, 2.75) is 37.9 Å². The van der Waals surface area contributed by atoms with Gasteiger partial charge in [-0.3, -0.25) is 9.59 Å². The lowest BCUT2D eigenvalue weighted by Crippen LogP contribution is -2.53. The molecule has 164 valence electrons. The molecule has 4 heterocycles. The van der Waals surface area contributed by atoms with E-state index in [-0.39, 0.29) is 43.1 Å². The Bertz CT molecular complexity index is 1170.